The van der Waals surface area contributed by atoms with Crippen molar-refractivity contribution in [2.75, 3.05) is 26.9 Å². The molecule has 2 heterocycles. The molecule has 0 radical (unpaired) electrons. The Bertz CT molecular complexity index is 980. The predicted octanol–water partition coefficient (Wildman–Crippen LogP) is 3.01. The zero-order valence-corrected chi connectivity index (χ0v) is 17.5. The van der Waals surface area contributed by atoms with Gasteiger partial charge in [0.15, 0.2) is 6.61 Å². The quantitative estimate of drug-likeness (QED) is 0.601. The fourth-order valence-corrected chi connectivity index (χ4v) is 3.38. The molecule has 162 valence electrons. The van der Waals surface area contributed by atoms with Gasteiger partial charge in [0.25, 0.3) is 5.91 Å². The van der Waals surface area contributed by atoms with E-state index in [0.29, 0.717) is 12.3 Å². The molecule has 0 bridgehead atoms. The van der Waals surface area contributed by atoms with E-state index in [0.717, 1.165) is 48.6 Å². The summed E-state index contributed by atoms with van der Waals surface area (Å²) in [5.74, 6) is 1.25. The summed E-state index contributed by atoms with van der Waals surface area (Å²) in [6, 6.07) is 15.0. The number of carbonyl (C=O) groups excluding carboxylic acids is 1. The molecule has 8 heteroatoms. The lowest BCUT2D eigenvalue weighted by atomic mass is 10.1. The first kappa shape index (κ1) is 20.9. The van der Waals surface area contributed by atoms with Crippen LogP contribution in [0.15, 0.2) is 54.7 Å². The summed E-state index contributed by atoms with van der Waals surface area (Å²) in [7, 11) is 1.64. The Morgan fingerprint density at radius 1 is 1.13 bits per heavy atom. The van der Waals surface area contributed by atoms with Crippen molar-refractivity contribution in [2.45, 2.75) is 25.4 Å². The van der Waals surface area contributed by atoms with Crippen molar-refractivity contribution in [3.05, 3.63) is 54.7 Å². The molecule has 0 saturated carbocycles. The Balaban J connectivity index is 1.29. The summed E-state index contributed by atoms with van der Waals surface area (Å²) < 4.78 is 18.1. The van der Waals surface area contributed by atoms with Crippen LogP contribution in [0, 0.1) is 0 Å². The van der Waals surface area contributed by atoms with Crippen LogP contribution < -0.4 is 14.8 Å². The van der Waals surface area contributed by atoms with Crippen LogP contribution in [-0.4, -0.2) is 53.9 Å². The molecule has 1 N–H and O–H groups in total. The third kappa shape index (κ3) is 5.61. The topological polar surface area (TPSA) is 87.5 Å². The van der Waals surface area contributed by atoms with E-state index < -0.39 is 0 Å². The molecular weight excluding hydrogens is 396 g/mol. The minimum atomic E-state index is -0.154. The number of hydrogen-bond donors (Lipinski definition) is 1. The first-order valence-corrected chi connectivity index (χ1v) is 10.4. The Morgan fingerprint density at radius 3 is 2.61 bits per heavy atom. The van der Waals surface area contributed by atoms with Crippen molar-refractivity contribution >= 4 is 5.91 Å². The number of methoxy groups -OCH3 is 1. The van der Waals surface area contributed by atoms with Gasteiger partial charge in [-0.2, -0.15) is 0 Å². The van der Waals surface area contributed by atoms with Gasteiger partial charge in [-0.05, 0) is 67.8 Å². The van der Waals surface area contributed by atoms with Crippen molar-refractivity contribution < 1.29 is 19.0 Å². The van der Waals surface area contributed by atoms with Gasteiger partial charge in [0.2, 0.25) is 0 Å². The summed E-state index contributed by atoms with van der Waals surface area (Å²) in [6.45, 7) is 1.28. The van der Waals surface area contributed by atoms with Crippen LogP contribution in [-0.2, 0) is 9.53 Å². The standard InChI is InChI=1S/C23H26N4O4/c1-29-19-9-5-17(6-10-19)22-15-27(26-25-22)18-7-11-20(12-8-18)31-16-23(28)24-14-21-4-2-3-13-30-21/h5-12,15,21H,2-4,13-14,16H2,1H3,(H,24,28). The van der Waals surface area contributed by atoms with E-state index in [1.165, 1.54) is 0 Å². The molecule has 0 aliphatic carbocycles. The Kier molecular flexibility index (Phi) is 6.78. The fourth-order valence-electron chi connectivity index (χ4n) is 3.38. The minimum Gasteiger partial charge on any atom is -0.497 e. The molecule has 1 aliphatic heterocycles. The number of nitrogens with zero attached hydrogens (tertiary/aromatic N) is 3. The summed E-state index contributed by atoms with van der Waals surface area (Å²) in [6.07, 6.45) is 5.21. The maximum absolute atomic E-state index is 12.0. The van der Waals surface area contributed by atoms with Crippen LogP contribution >= 0.6 is 0 Å². The Labute approximate surface area is 181 Å². The molecule has 1 aromatic heterocycles. The molecule has 1 atom stereocenters. The number of amides is 1. The highest BCUT2D eigenvalue weighted by Crippen LogP contribution is 2.22. The lowest BCUT2D eigenvalue weighted by Crippen LogP contribution is -2.37. The number of benzene rings is 2. The number of hydrogen-bond acceptors (Lipinski definition) is 6. The third-order valence-corrected chi connectivity index (χ3v) is 5.15. The van der Waals surface area contributed by atoms with Crippen LogP contribution in [0.2, 0.25) is 0 Å². The molecule has 1 saturated heterocycles. The Morgan fingerprint density at radius 2 is 1.90 bits per heavy atom. The van der Waals surface area contributed by atoms with Gasteiger partial charge in [-0.1, -0.05) is 5.21 Å². The first-order valence-electron chi connectivity index (χ1n) is 10.4. The molecule has 31 heavy (non-hydrogen) atoms. The second kappa shape index (κ2) is 10.1. The van der Waals surface area contributed by atoms with Gasteiger partial charge in [0.1, 0.15) is 17.2 Å². The van der Waals surface area contributed by atoms with Crippen LogP contribution in [0.4, 0.5) is 0 Å². The number of rotatable bonds is 8. The van der Waals surface area contributed by atoms with Crippen molar-refractivity contribution in [1.82, 2.24) is 20.3 Å². The van der Waals surface area contributed by atoms with Gasteiger partial charge in [-0.3, -0.25) is 4.79 Å². The lowest BCUT2D eigenvalue weighted by Gasteiger charge is -2.22. The van der Waals surface area contributed by atoms with Crippen molar-refractivity contribution in [2.24, 2.45) is 0 Å². The van der Waals surface area contributed by atoms with E-state index in [9.17, 15) is 4.79 Å². The molecule has 1 amide bonds. The molecule has 8 nitrogen and oxygen atoms in total. The molecule has 0 spiro atoms. The summed E-state index contributed by atoms with van der Waals surface area (Å²) in [5, 5.41) is 11.3. The summed E-state index contributed by atoms with van der Waals surface area (Å²) in [5.41, 5.74) is 2.57. The number of nitrogens with one attached hydrogen (secondary N) is 1. The van der Waals surface area contributed by atoms with E-state index in [-0.39, 0.29) is 18.6 Å². The van der Waals surface area contributed by atoms with Crippen molar-refractivity contribution in [3.63, 3.8) is 0 Å². The normalized spacial score (nSPS) is 16.0. The smallest absolute Gasteiger partial charge is 0.258 e. The second-order valence-electron chi connectivity index (χ2n) is 7.35. The van der Waals surface area contributed by atoms with E-state index in [4.69, 9.17) is 14.2 Å². The van der Waals surface area contributed by atoms with E-state index in [1.807, 2.05) is 54.7 Å². The SMILES string of the molecule is COc1ccc(-c2cn(-c3ccc(OCC(=O)NCC4CCCCO4)cc3)nn2)cc1. The largest absolute Gasteiger partial charge is 0.497 e. The molecule has 1 unspecified atom stereocenters. The van der Waals surface area contributed by atoms with E-state index >= 15 is 0 Å². The Hall–Kier alpha value is -3.39. The highest BCUT2D eigenvalue weighted by atomic mass is 16.5. The molecule has 2 aromatic carbocycles. The van der Waals surface area contributed by atoms with Gasteiger partial charge >= 0.3 is 0 Å². The minimum absolute atomic E-state index is 0.0307. The molecule has 4 rings (SSSR count). The van der Waals surface area contributed by atoms with Crippen LogP contribution in [0.5, 0.6) is 11.5 Å². The van der Waals surface area contributed by atoms with E-state index in [2.05, 4.69) is 15.6 Å². The van der Waals surface area contributed by atoms with Gasteiger partial charge in [0, 0.05) is 18.7 Å². The second-order valence-corrected chi connectivity index (χ2v) is 7.35. The average molecular weight is 422 g/mol. The molecule has 3 aromatic rings. The molecule has 1 fully saturated rings. The zero-order valence-electron chi connectivity index (χ0n) is 17.5. The average Bonchev–Trinajstić information content (AvgIpc) is 3.33. The summed E-state index contributed by atoms with van der Waals surface area (Å²) >= 11 is 0. The van der Waals surface area contributed by atoms with E-state index in [1.54, 1.807) is 11.8 Å². The van der Waals surface area contributed by atoms with Crippen molar-refractivity contribution in [1.29, 1.82) is 0 Å². The highest BCUT2D eigenvalue weighted by Gasteiger charge is 2.15. The van der Waals surface area contributed by atoms with Crippen LogP contribution in [0.1, 0.15) is 19.3 Å². The zero-order chi connectivity index (χ0) is 21.5. The maximum atomic E-state index is 12.0. The van der Waals surface area contributed by atoms with Gasteiger partial charge < -0.3 is 19.5 Å². The lowest BCUT2D eigenvalue weighted by molar-refractivity contribution is -0.124. The highest BCUT2D eigenvalue weighted by molar-refractivity contribution is 5.77. The third-order valence-electron chi connectivity index (χ3n) is 5.15. The molecule has 1 aliphatic rings. The maximum Gasteiger partial charge on any atom is 0.258 e. The molecular formula is C23H26N4O4. The number of carbonyl (C=O) groups is 1. The predicted molar refractivity (Wildman–Crippen MR) is 115 cm³/mol. The number of aromatic nitrogens is 3. The van der Waals surface area contributed by atoms with Crippen LogP contribution in [0.25, 0.3) is 16.9 Å². The van der Waals surface area contributed by atoms with Gasteiger partial charge in [-0.25, -0.2) is 4.68 Å². The summed E-state index contributed by atoms with van der Waals surface area (Å²) in [4.78, 5) is 12.0. The van der Waals surface area contributed by atoms with Crippen LogP contribution in [0.3, 0.4) is 0 Å². The fraction of sp³-hybridized carbons (Fsp3) is 0.348. The number of ether oxygens (including phenoxy) is 3. The van der Waals surface area contributed by atoms with Gasteiger partial charge in [0.05, 0.1) is 25.1 Å². The first-order chi connectivity index (χ1) is 15.2. The van der Waals surface area contributed by atoms with Crippen molar-refractivity contribution in [3.8, 4) is 28.4 Å². The van der Waals surface area contributed by atoms with Gasteiger partial charge in [-0.15, -0.1) is 5.10 Å². The monoisotopic (exact) mass is 422 g/mol.